The fraction of sp³-hybridized carbons (Fsp3) is 0.333. The van der Waals surface area contributed by atoms with Gasteiger partial charge in [0.05, 0.1) is 17.7 Å². The van der Waals surface area contributed by atoms with E-state index >= 15 is 0 Å². The molecule has 2 aromatic carbocycles. The number of alkyl halides is 3. The van der Waals surface area contributed by atoms with Crippen LogP contribution in [0, 0.1) is 6.92 Å². The zero-order chi connectivity index (χ0) is 22.2. The number of nitrogens with zero attached hydrogens (tertiary/aromatic N) is 2. The van der Waals surface area contributed by atoms with E-state index in [9.17, 15) is 13.2 Å². The maximum Gasteiger partial charge on any atom is 0.416 e. The molecule has 1 aliphatic heterocycles. The van der Waals surface area contributed by atoms with Crippen molar-refractivity contribution in [2.24, 2.45) is 0 Å². The highest BCUT2D eigenvalue weighted by Crippen LogP contribution is 2.37. The Balaban J connectivity index is 1.65. The van der Waals surface area contributed by atoms with Crippen LogP contribution in [0.5, 0.6) is 11.5 Å². The van der Waals surface area contributed by atoms with Gasteiger partial charge in [-0.1, -0.05) is 0 Å². The first-order valence-electron chi connectivity index (χ1n) is 9.54. The second-order valence-electron chi connectivity index (χ2n) is 7.26. The number of hydrogen-bond donors (Lipinski definition) is 2. The van der Waals surface area contributed by atoms with E-state index in [1.165, 1.54) is 6.07 Å². The Morgan fingerprint density at radius 3 is 2.71 bits per heavy atom. The van der Waals surface area contributed by atoms with Crippen LogP contribution in [0.4, 0.5) is 24.7 Å². The molecule has 1 aliphatic rings. The normalized spacial score (nSPS) is 15.8. The molecule has 0 amide bonds. The predicted molar refractivity (Wildman–Crippen MR) is 109 cm³/mol. The number of nitrogens with one attached hydrogen (secondary N) is 1. The first kappa shape index (κ1) is 21.0. The van der Waals surface area contributed by atoms with Crippen molar-refractivity contribution in [3.8, 4) is 11.5 Å². The molecule has 0 saturated heterocycles. The highest BCUT2D eigenvalue weighted by molar-refractivity contribution is 5.92. The lowest BCUT2D eigenvalue weighted by molar-refractivity contribution is -0.137. The van der Waals surface area contributed by atoms with Gasteiger partial charge in [0.2, 0.25) is 0 Å². The topological polar surface area (TPSA) is 91.5 Å². The molecule has 3 N–H and O–H groups in total. The summed E-state index contributed by atoms with van der Waals surface area (Å²) in [4.78, 5) is 8.85. The third-order valence-corrected chi connectivity index (χ3v) is 4.75. The van der Waals surface area contributed by atoms with Gasteiger partial charge in [0.1, 0.15) is 18.2 Å². The highest BCUT2D eigenvalue weighted by atomic mass is 19.4. The number of aryl methyl sites for hydroxylation is 1. The van der Waals surface area contributed by atoms with Crippen molar-refractivity contribution < 1.29 is 27.4 Å². The van der Waals surface area contributed by atoms with Gasteiger partial charge in [0.15, 0.2) is 17.6 Å². The smallest absolute Gasteiger partial charge is 0.416 e. The summed E-state index contributed by atoms with van der Waals surface area (Å²) in [5.74, 6) is 2.07. The maximum atomic E-state index is 13.1. The molecule has 10 heteroatoms. The van der Waals surface area contributed by atoms with Gasteiger partial charge >= 0.3 is 6.18 Å². The molecule has 0 aliphatic carbocycles. The average Bonchev–Trinajstić information content (AvgIpc) is 2.70. The van der Waals surface area contributed by atoms with E-state index in [-0.39, 0.29) is 18.3 Å². The van der Waals surface area contributed by atoms with Crippen LogP contribution in [0.3, 0.4) is 0 Å². The molecule has 0 spiro atoms. The molecule has 1 atom stereocenters. The van der Waals surface area contributed by atoms with Crippen LogP contribution in [-0.4, -0.2) is 36.4 Å². The van der Waals surface area contributed by atoms with Crippen molar-refractivity contribution in [2.45, 2.75) is 25.7 Å². The molecule has 1 unspecified atom stereocenters. The van der Waals surface area contributed by atoms with E-state index in [1.807, 2.05) is 0 Å². The maximum absolute atomic E-state index is 13.1. The van der Waals surface area contributed by atoms with Crippen LogP contribution in [-0.2, 0) is 17.5 Å². The highest BCUT2D eigenvalue weighted by Gasteiger charge is 2.31. The van der Waals surface area contributed by atoms with Gasteiger partial charge in [0, 0.05) is 30.8 Å². The molecule has 7 nitrogen and oxygen atoms in total. The Bertz CT molecular complexity index is 1120. The Kier molecular flexibility index (Phi) is 5.48. The summed E-state index contributed by atoms with van der Waals surface area (Å²) in [5, 5.41) is 3.76. The number of anilines is 2. The lowest BCUT2D eigenvalue weighted by Crippen LogP contribution is -2.33. The Labute approximate surface area is 176 Å². The number of halogens is 3. The SMILES string of the molecule is COCC1COc2cc3nc(C)nc(NCc4cc(N)cc(C(F)(F)F)c4)c3cc2O1. The monoisotopic (exact) mass is 434 g/mol. The van der Waals surface area contributed by atoms with E-state index in [4.69, 9.17) is 19.9 Å². The van der Waals surface area contributed by atoms with E-state index in [1.54, 1.807) is 26.2 Å². The molecule has 0 radical (unpaired) electrons. The summed E-state index contributed by atoms with van der Waals surface area (Å²) in [7, 11) is 1.58. The first-order chi connectivity index (χ1) is 14.7. The number of fused-ring (bicyclic) bond motifs is 2. The second kappa shape index (κ2) is 8.10. The quantitative estimate of drug-likeness (QED) is 0.588. The zero-order valence-electron chi connectivity index (χ0n) is 16.9. The number of rotatable bonds is 5. The lowest BCUT2D eigenvalue weighted by Gasteiger charge is -2.26. The molecule has 0 bridgehead atoms. The van der Waals surface area contributed by atoms with Crippen LogP contribution in [0.15, 0.2) is 30.3 Å². The summed E-state index contributed by atoms with van der Waals surface area (Å²) < 4.78 is 56.1. The van der Waals surface area contributed by atoms with Crippen LogP contribution < -0.4 is 20.5 Å². The van der Waals surface area contributed by atoms with Gasteiger partial charge in [0.25, 0.3) is 0 Å². The number of methoxy groups -OCH3 is 1. The molecule has 164 valence electrons. The average molecular weight is 434 g/mol. The first-order valence-corrected chi connectivity index (χ1v) is 9.54. The van der Waals surface area contributed by atoms with E-state index in [0.717, 1.165) is 12.1 Å². The number of nitrogens with two attached hydrogens (primary N) is 1. The number of aromatic nitrogens is 2. The van der Waals surface area contributed by atoms with Gasteiger partial charge in [-0.15, -0.1) is 0 Å². The van der Waals surface area contributed by atoms with Gasteiger partial charge in [-0.2, -0.15) is 13.2 Å². The van der Waals surface area contributed by atoms with Crippen LogP contribution >= 0.6 is 0 Å². The molecule has 0 saturated carbocycles. The molecule has 3 aromatic rings. The minimum Gasteiger partial charge on any atom is -0.486 e. The summed E-state index contributed by atoms with van der Waals surface area (Å²) in [6.45, 7) is 2.57. The second-order valence-corrected chi connectivity index (χ2v) is 7.26. The van der Waals surface area contributed by atoms with Crippen LogP contribution in [0.1, 0.15) is 17.0 Å². The van der Waals surface area contributed by atoms with E-state index < -0.39 is 11.7 Å². The molecular formula is C21H21F3N4O3. The molecule has 31 heavy (non-hydrogen) atoms. The minimum atomic E-state index is -4.47. The van der Waals surface area contributed by atoms with E-state index in [0.29, 0.717) is 52.8 Å². The van der Waals surface area contributed by atoms with Crippen molar-refractivity contribution in [2.75, 3.05) is 31.4 Å². The summed E-state index contributed by atoms with van der Waals surface area (Å²) in [6, 6.07) is 6.98. The number of ether oxygens (including phenoxy) is 3. The largest absolute Gasteiger partial charge is 0.486 e. The third-order valence-electron chi connectivity index (χ3n) is 4.75. The molecule has 1 aromatic heterocycles. The fourth-order valence-electron chi connectivity index (χ4n) is 3.43. The summed E-state index contributed by atoms with van der Waals surface area (Å²) >= 11 is 0. The zero-order valence-corrected chi connectivity index (χ0v) is 16.9. The van der Waals surface area contributed by atoms with Crippen molar-refractivity contribution >= 4 is 22.4 Å². The number of nitrogen functional groups attached to an aromatic ring is 1. The van der Waals surface area contributed by atoms with Gasteiger partial charge < -0.3 is 25.3 Å². The van der Waals surface area contributed by atoms with Gasteiger partial charge in [-0.3, -0.25) is 0 Å². The predicted octanol–water partition coefficient (Wildman–Crippen LogP) is 3.94. The van der Waals surface area contributed by atoms with Crippen LogP contribution in [0.25, 0.3) is 10.9 Å². The van der Waals surface area contributed by atoms with Gasteiger partial charge in [-0.05, 0) is 36.8 Å². The van der Waals surface area contributed by atoms with Crippen molar-refractivity contribution in [1.82, 2.24) is 9.97 Å². The molecular weight excluding hydrogens is 413 g/mol. The minimum absolute atomic E-state index is 0.0409. The Morgan fingerprint density at radius 2 is 1.97 bits per heavy atom. The van der Waals surface area contributed by atoms with Crippen molar-refractivity contribution in [3.63, 3.8) is 0 Å². The Morgan fingerprint density at radius 1 is 1.16 bits per heavy atom. The fourth-order valence-corrected chi connectivity index (χ4v) is 3.43. The summed E-state index contributed by atoms with van der Waals surface area (Å²) in [6.07, 6.45) is -4.72. The number of benzene rings is 2. The van der Waals surface area contributed by atoms with Crippen molar-refractivity contribution in [3.05, 3.63) is 47.3 Å². The lowest BCUT2D eigenvalue weighted by atomic mass is 10.1. The molecule has 2 heterocycles. The van der Waals surface area contributed by atoms with Crippen LogP contribution in [0.2, 0.25) is 0 Å². The Hall–Kier alpha value is -3.27. The standard InChI is InChI=1S/C21H21F3N4O3/c1-11-27-17-7-18-19(31-15(9-29-2)10-30-18)6-16(17)20(28-11)26-8-12-3-13(21(22,23)24)5-14(25)4-12/h3-7,15H,8-10,25H2,1-2H3,(H,26,27,28). The summed E-state index contributed by atoms with van der Waals surface area (Å²) in [5.41, 5.74) is 5.92. The van der Waals surface area contributed by atoms with Gasteiger partial charge in [-0.25, -0.2) is 9.97 Å². The molecule has 0 fully saturated rings. The van der Waals surface area contributed by atoms with E-state index in [2.05, 4.69) is 15.3 Å². The van der Waals surface area contributed by atoms with Crippen molar-refractivity contribution in [1.29, 1.82) is 0 Å². The third kappa shape index (κ3) is 4.58. The number of hydrogen-bond acceptors (Lipinski definition) is 7. The molecule has 4 rings (SSSR count).